The number of unbranched alkanes of at least 4 members (excludes halogenated alkanes) is 2. The Hall–Kier alpha value is -1.81. The first-order valence-electron chi connectivity index (χ1n) is 12.7. The third-order valence-electron chi connectivity index (χ3n) is 9.94. The maximum absolute atomic E-state index is 13.0. The quantitative estimate of drug-likeness (QED) is 0.424. The predicted octanol–water partition coefficient (Wildman–Crippen LogP) is 5.41. The molecule has 1 heterocycles. The van der Waals surface area contributed by atoms with E-state index in [9.17, 15) is 4.79 Å². The van der Waals surface area contributed by atoms with Gasteiger partial charge in [-0.2, -0.15) is 0 Å². The van der Waals surface area contributed by atoms with Crippen molar-refractivity contribution in [1.82, 2.24) is 0 Å². The predicted molar refractivity (Wildman–Crippen MR) is 123 cm³/mol. The van der Waals surface area contributed by atoms with Crippen LogP contribution < -0.4 is 9.47 Å². The minimum absolute atomic E-state index is 0.0367. The largest absolute Gasteiger partial charge is 0.490 e. The normalized spacial score (nSPS) is 41.9. The van der Waals surface area contributed by atoms with Gasteiger partial charge in [-0.25, -0.2) is 0 Å². The molecule has 1 aromatic carbocycles. The fraction of sp³-hybridized carbons (Fsp3) is 0.679. The Morgan fingerprint density at radius 1 is 1.25 bits per heavy atom. The standard InChI is InChI=1S/C28H36O4/c1-5-6-7-14-31-22-9-8-19-15-20-17(2)10-11-27-23(19)24(22)32-25(27)28(30-4)13-12-26(20,27)16-21(28)18(3)29/h8-9,12-13,17,20-21,25H,5-7,10-11,14-16H2,1-4H3/t17-,20+,21-,25-,26-,27+,28-/m1/s1. The zero-order valence-electron chi connectivity index (χ0n) is 19.9. The summed E-state index contributed by atoms with van der Waals surface area (Å²) in [6.45, 7) is 7.08. The Bertz CT molecular complexity index is 997. The molecule has 32 heavy (non-hydrogen) atoms. The molecule has 2 spiro atoms. The summed E-state index contributed by atoms with van der Waals surface area (Å²) in [5, 5.41) is 0. The van der Waals surface area contributed by atoms with Gasteiger partial charge in [0.25, 0.3) is 0 Å². The first kappa shape index (κ1) is 20.8. The third kappa shape index (κ3) is 2.21. The lowest BCUT2D eigenvalue weighted by atomic mass is 9.33. The van der Waals surface area contributed by atoms with Gasteiger partial charge < -0.3 is 14.2 Å². The van der Waals surface area contributed by atoms with Gasteiger partial charge in [0.1, 0.15) is 17.5 Å². The number of ketones is 1. The van der Waals surface area contributed by atoms with Crippen LogP contribution in [0.1, 0.15) is 70.4 Å². The van der Waals surface area contributed by atoms with Crippen molar-refractivity contribution in [2.75, 3.05) is 13.7 Å². The second kappa shape index (κ2) is 6.85. The minimum atomic E-state index is -0.703. The van der Waals surface area contributed by atoms with Crippen molar-refractivity contribution in [2.24, 2.45) is 23.2 Å². The van der Waals surface area contributed by atoms with Gasteiger partial charge in [0, 0.05) is 23.5 Å². The Kier molecular flexibility index (Phi) is 4.45. The number of ether oxygens (including phenoxy) is 3. The highest BCUT2D eigenvalue weighted by Gasteiger charge is 2.79. The minimum Gasteiger partial charge on any atom is -0.490 e. The van der Waals surface area contributed by atoms with E-state index in [1.54, 1.807) is 14.0 Å². The number of rotatable bonds is 7. The molecule has 5 aliphatic carbocycles. The van der Waals surface area contributed by atoms with Gasteiger partial charge in [0.2, 0.25) is 0 Å². The number of fused-ring (bicyclic) bond motifs is 1. The van der Waals surface area contributed by atoms with Crippen LogP contribution in [0.5, 0.6) is 11.5 Å². The van der Waals surface area contributed by atoms with Gasteiger partial charge in [-0.15, -0.1) is 0 Å². The lowest BCUT2D eigenvalue weighted by molar-refractivity contribution is -0.213. The highest BCUT2D eigenvalue weighted by Crippen LogP contribution is 2.77. The molecule has 2 saturated carbocycles. The van der Waals surface area contributed by atoms with Crippen molar-refractivity contribution >= 4 is 5.78 Å². The molecule has 4 nitrogen and oxygen atoms in total. The summed E-state index contributed by atoms with van der Waals surface area (Å²) in [5.74, 6) is 3.04. The lowest BCUT2D eigenvalue weighted by Crippen LogP contribution is -2.76. The number of hydrogen-bond acceptors (Lipinski definition) is 4. The molecule has 2 fully saturated rings. The molecule has 7 atom stereocenters. The summed E-state index contributed by atoms with van der Waals surface area (Å²) < 4.78 is 19.5. The van der Waals surface area contributed by atoms with Crippen molar-refractivity contribution < 1.29 is 19.0 Å². The molecular weight excluding hydrogens is 400 g/mol. The summed E-state index contributed by atoms with van der Waals surface area (Å²) in [6.07, 6.45) is 12.1. The first-order chi connectivity index (χ1) is 15.4. The number of allylic oxidation sites excluding steroid dienone is 1. The molecule has 0 saturated heterocycles. The van der Waals surface area contributed by atoms with Crippen molar-refractivity contribution in [3.8, 4) is 11.5 Å². The highest BCUT2D eigenvalue weighted by molar-refractivity contribution is 5.82. The average Bonchev–Trinajstić information content (AvgIpc) is 3.17. The Morgan fingerprint density at radius 3 is 2.84 bits per heavy atom. The van der Waals surface area contributed by atoms with E-state index in [2.05, 4.69) is 38.1 Å². The van der Waals surface area contributed by atoms with Gasteiger partial charge in [-0.05, 0) is 62.5 Å². The summed E-state index contributed by atoms with van der Waals surface area (Å²) in [5.41, 5.74) is 1.95. The monoisotopic (exact) mass is 436 g/mol. The number of carbonyl (C=O) groups excluding carboxylic acids is 1. The summed E-state index contributed by atoms with van der Waals surface area (Å²) in [6, 6.07) is 4.43. The van der Waals surface area contributed by atoms with E-state index in [0.29, 0.717) is 11.8 Å². The number of benzene rings is 1. The molecule has 1 aromatic rings. The fourth-order valence-electron chi connectivity index (χ4n) is 8.55. The summed E-state index contributed by atoms with van der Waals surface area (Å²) >= 11 is 0. The van der Waals surface area contributed by atoms with Crippen LogP contribution in [-0.4, -0.2) is 31.2 Å². The van der Waals surface area contributed by atoms with Crippen molar-refractivity contribution in [3.63, 3.8) is 0 Å². The number of Topliss-reactive ketones (excluding diaryl/α,β-unsaturated/α-hetero) is 1. The van der Waals surface area contributed by atoms with E-state index < -0.39 is 5.60 Å². The van der Waals surface area contributed by atoms with Gasteiger partial charge in [-0.3, -0.25) is 4.79 Å². The van der Waals surface area contributed by atoms with E-state index in [1.807, 2.05) is 0 Å². The van der Waals surface area contributed by atoms with Gasteiger partial charge in [-0.1, -0.05) is 44.9 Å². The SMILES string of the molecule is CCCCCOc1ccc2c3c1O[C@H]1[C@@]4(OC)C=C[C@@]5(C[C@@H]4C(C)=O)[C@@H](C2)[C@H](C)CC[C@]315. The zero-order chi connectivity index (χ0) is 22.3. The molecule has 0 N–H and O–H groups in total. The molecule has 7 rings (SSSR count). The Morgan fingerprint density at radius 2 is 2.09 bits per heavy atom. The molecule has 0 aromatic heterocycles. The number of methoxy groups -OCH3 is 1. The molecule has 0 amide bonds. The smallest absolute Gasteiger partial charge is 0.166 e. The Labute approximate surface area is 191 Å². The molecule has 4 bridgehead atoms. The number of carbonyl (C=O) groups is 1. The van der Waals surface area contributed by atoms with Crippen LogP contribution in [0.2, 0.25) is 0 Å². The summed E-state index contributed by atoms with van der Waals surface area (Å²) in [7, 11) is 1.76. The highest BCUT2D eigenvalue weighted by atomic mass is 16.6. The van der Waals surface area contributed by atoms with Gasteiger partial charge in [0.05, 0.1) is 12.5 Å². The number of hydrogen-bond donors (Lipinski definition) is 0. The van der Waals surface area contributed by atoms with Crippen LogP contribution in [-0.2, 0) is 21.4 Å². The van der Waals surface area contributed by atoms with Crippen LogP contribution in [0.25, 0.3) is 0 Å². The van der Waals surface area contributed by atoms with E-state index >= 15 is 0 Å². The topological polar surface area (TPSA) is 44.8 Å². The zero-order valence-corrected chi connectivity index (χ0v) is 19.9. The summed E-state index contributed by atoms with van der Waals surface area (Å²) in [4.78, 5) is 13.0. The van der Waals surface area contributed by atoms with E-state index in [-0.39, 0.29) is 28.6 Å². The molecule has 172 valence electrons. The van der Waals surface area contributed by atoms with Crippen molar-refractivity contribution in [1.29, 1.82) is 0 Å². The van der Waals surface area contributed by atoms with Crippen LogP contribution >= 0.6 is 0 Å². The van der Waals surface area contributed by atoms with Gasteiger partial charge in [0.15, 0.2) is 11.5 Å². The third-order valence-corrected chi connectivity index (χ3v) is 9.94. The first-order valence-corrected chi connectivity index (χ1v) is 12.7. The van der Waals surface area contributed by atoms with Crippen LogP contribution in [0.15, 0.2) is 24.3 Å². The molecule has 6 aliphatic rings. The second-order valence-electron chi connectivity index (χ2n) is 11.1. The molecule has 0 radical (unpaired) electrons. The van der Waals surface area contributed by atoms with E-state index in [4.69, 9.17) is 14.2 Å². The maximum Gasteiger partial charge on any atom is 0.166 e. The van der Waals surface area contributed by atoms with Crippen LogP contribution in [0.3, 0.4) is 0 Å². The lowest BCUT2D eigenvalue weighted by Gasteiger charge is -2.70. The van der Waals surface area contributed by atoms with E-state index in [0.717, 1.165) is 43.8 Å². The van der Waals surface area contributed by atoms with Crippen molar-refractivity contribution in [3.05, 3.63) is 35.4 Å². The fourth-order valence-corrected chi connectivity index (χ4v) is 8.55. The van der Waals surface area contributed by atoms with Crippen molar-refractivity contribution in [2.45, 2.75) is 82.8 Å². The molecule has 1 aliphatic heterocycles. The second-order valence-corrected chi connectivity index (χ2v) is 11.1. The average molecular weight is 437 g/mol. The van der Waals surface area contributed by atoms with Gasteiger partial charge >= 0.3 is 0 Å². The van der Waals surface area contributed by atoms with Crippen LogP contribution in [0.4, 0.5) is 0 Å². The molecule has 4 heteroatoms. The maximum atomic E-state index is 13.0. The molecule has 0 unspecified atom stereocenters. The Balaban J connectivity index is 1.55. The van der Waals surface area contributed by atoms with Crippen LogP contribution in [0, 0.1) is 23.2 Å². The molecular formula is C28H36O4. The van der Waals surface area contributed by atoms with E-state index in [1.165, 1.54) is 30.4 Å².